The van der Waals surface area contributed by atoms with Crippen molar-refractivity contribution < 1.29 is 19.1 Å². The maximum atomic E-state index is 13.7. The molecule has 0 aromatic heterocycles. The summed E-state index contributed by atoms with van der Waals surface area (Å²) in [6.07, 6.45) is 3.41. The van der Waals surface area contributed by atoms with Gasteiger partial charge in [0.15, 0.2) is 0 Å². The van der Waals surface area contributed by atoms with Crippen molar-refractivity contribution >= 4 is 17.7 Å². The molecule has 2 fully saturated rings. The summed E-state index contributed by atoms with van der Waals surface area (Å²) in [6.45, 7) is 6.11. The molecule has 1 unspecified atom stereocenters. The molecule has 3 N–H and O–H groups in total. The van der Waals surface area contributed by atoms with Gasteiger partial charge in [0, 0.05) is 6.42 Å². The van der Waals surface area contributed by atoms with Crippen LogP contribution >= 0.6 is 0 Å². The molecule has 5 atom stereocenters. The lowest BCUT2D eigenvalue weighted by molar-refractivity contribution is -0.150. The molecule has 2 saturated heterocycles. The van der Waals surface area contributed by atoms with Gasteiger partial charge in [-0.3, -0.25) is 14.4 Å². The molecular formula is C25H36N4O4. The van der Waals surface area contributed by atoms with Crippen molar-refractivity contribution in [3.63, 3.8) is 0 Å². The first-order valence-electron chi connectivity index (χ1n) is 12.0. The number of nitrogens with zero attached hydrogens (tertiary/aromatic N) is 1. The van der Waals surface area contributed by atoms with E-state index in [-0.39, 0.29) is 23.8 Å². The normalized spacial score (nSPS) is 29.5. The number of likely N-dealkylation sites (N-methyl/N-ethyl adjacent to an activating group) is 1. The van der Waals surface area contributed by atoms with E-state index >= 15 is 0 Å². The summed E-state index contributed by atoms with van der Waals surface area (Å²) >= 11 is 0. The molecule has 0 radical (unpaired) electrons. The van der Waals surface area contributed by atoms with Gasteiger partial charge in [-0.15, -0.1) is 0 Å². The zero-order chi connectivity index (χ0) is 23.8. The summed E-state index contributed by atoms with van der Waals surface area (Å²) in [5.41, 5.74) is 1.98. The Morgan fingerprint density at radius 2 is 1.91 bits per heavy atom. The number of hydrogen-bond donors (Lipinski definition) is 3. The SMILES string of the molecule is CN[C@@H](C)C(=O)N[C@H]1CCOC2CC(C)(C)[C@@H](C(=O)N[C@@H]3CCCc4ccccc43)N2C1=O. The predicted octanol–water partition coefficient (Wildman–Crippen LogP) is 1.65. The molecule has 0 bridgehead atoms. The maximum Gasteiger partial charge on any atom is 0.247 e. The summed E-state index contributed by atoms with van der Waals surface area (Å²) in [5, 5.41) is 8.99. The lowest BCUT2D eigenvalue weighted by Crippen LogP contribution is -2.58. The second-order valence-corrected chi connectivity index (χ2v) is 10.2. The van der Waals surface area contributed by atoms with Crippen molar-refractivity contribution in [2.75, 3.05) is 13.7 Å². The Kier molecular flexibility index (Phi) is 6.77. The first-order valence-corrected chi connectivity index (χ1v) is 12.0. The van der Waals surface area contributed by atoms with Crippen molar-refractivity contribution in [3.8, 4) is 0 Å². The van der Waals surface area contributed by atoms with E-state index < -0.39 is 29.8 Å². The van der Waals surface area contributed by atoms with Gasteiger partial charge in [0.1, 0.15) is 18.3 Å². The molecule has 4 rings (SSSR count). The second kappa shape index (κ2) is 9.43. The Hall–Kier alpha value is -2.45. The van der Waals surface area contributed by atoms with Gasteiger partial charge in [-0.2, -0.15) is 0 Å². The van der Waals surface area contributed by atoms with Crippen LogP contribution in [0.5, 0.6) is 0 Å². The fraction of sp³-hybridized carbons (Fsp3) is 0.640. The molecule has 33 heavy (non-hydrogen) atoms. The molecule has 0 spiro atoms. The molecule has 3 amide bonds. The molecule has 2 heterocycles. The highest BCUT2D eigenvalue weighted by molar-refractivity contribution is 5.94. The van der Waals surface area contributed by atoms with Gasteiger partial charge in [-0.1, -0.05) is 38.1 Å². The number of carbonyl (C=O) groups excluding carboxylic acids is 3. The number of ether oxygens (including phenoxy) is 1. The predicted molar refractivity (Wildman–Crippen MR) is 124 cm³/mol. The highest BCUT2D eigenvalue weighted by atomic mass is 16.5. The number of rotatable bonds is 5. The van der Waals surface area contributed by atoms with E-state index in [1.807, 2.05) is 26.0 Å². The van der Waals surface area contributed by atoms with Crippen LogP contribution in [-0.4, -0.2) is 60.6 Å². The Morgan fingerprint density at radius 1 is 1.15 bits per heavy atom. The van der Waals surface area contributed by atoms with Gasteiger partial charge >= 0.3 is 0 Å². The lowest BCUT2D eigenvalue weighted by atomic mass is 9.82. The molecule has 1 aromatic rings. The third-order valence-corrected chi connectivity index (χ3v) is 7.38. The number of aryl methyl sites for hydroxylation is 1. The van der Waals surface area contributed by atoms with Crippen LogP contribution in [0.3, 0.4) is 0 Å². The van der Waals surface area contributed by atoms with Crippen LogP contribution in [-0.2, 0) is 25.5 Å². The van der Waals surface area contributed by atoms with Crippen LogP contribution in [0.2, 0.25) is 0 Å². The lowest BCUT2D eigenvalue weighted by Gasteiger charge is -2.35. The fourth-order valence-corrected chi connectivity index (χ4v) is 5.43. The van der Waals surface area contributed by atoms with E-state index in [0.717, 1.165) is 24.8 Å². The fourth-order valence-electron chi connectivity index (χ4n) is 5.43. The smallest absolute Gasteiger partial charge is 0.247 e. The monoisotopic (exact) mass is 456 g/mol. The van der Waals surface area contributed by atoms with Crippen LogP contribution in [0.4, 0.5) is 0 Å². The first kappa shape index (κ1) is 23.7. The van der Waals surface area contributed by atoms with Gasteiger partial charge in [-0.05, 0) is 56.2 Å². The van der Waals surface area contributed by atoms with Crippen molar-refractivity contribution in [3.05, 3.63) is 35.4 Å². The summed E-state index contributed by atoms with van der Waals surface area (Å²) in [5.74, 6) is -0.645. The van der Waals surface area contributed by atoms with Crippen LogP contribution in [0.15, 0.2) is 24.3 Å². The van der Waals surface area contributed by atoms with E-state index in [9.17, 15) is 14.4 Å². The molecule has 8 nitrogen and oxygen atoms in total. The van der Waals surface area contributed by atoms with E-state index in [0.29, 0.717) is 19.4 Å². The van der Waals surface area contributed by atoms with Crippen LogP contribution < -0.4 is 16.0 Å². The Bertz CT molecular complexity index is 917. The van der Waals surface area contributed by atoms with Gasteiger partial charge in [0.2, 0.25) is 17.7 Å². The van der Waals surface area contributed by atoms with E-state index in [1.54, 1.807) is 18.9 Å². The van der Waals surface area contributed by atoms with E-state index in [4.69, 9.17) is 4.74 Å². The Morgan fingerprint density at radius 3 is 2.67 bits per heavy atom. The Balaban J connectivity index is 1.56. The standard InChI is InChI=1S/C25H36N4O4/c1-15(26-4)22(30)28-19-12-13-33-20-14-25(2,3)21(29(20)24(19)32)23(31)27-18-11-7-9-16-8-5-6-10-17(16)18/h5-6,8,10,15,18-21,26H,7,9,11-14H2,1-4H3,(H,27,31)(H,28,30)/t15-,18+,19-,20?,21+/m0/s1. The van der Waals surface area contributed by atoms with Gasteiger partial charge in [0.05, 0.1) is 18.7 Å². The number of benzene rings is 1. The van der Waals surface area contributed by atoms with Gasteiger partial charge in [0.25, 0.3) is 0 Å². The average Bonchev–Trinajstić information content (AvgIpc) is 2.99. The highest BCUT2D eigenvalue weighted by Crippen LogP contribution is 2.43. The summed E-state index contributed by atoms with van der Waals surface area (Å²) in [7, 11) is 1.70. The minimum atomic E-state index is -0.710. The zero-order valence-electron chi connectivity index (χ0n) is 20.0. The van der Waals surface area contributed by atoms with Crippen LogP contribution in [0, 0.1) is 5.41 Å². The third-order valence-electron chi connectivity index (χ3n) is 7.38. The number of nitrogens with one attached hydrogen (secondary N) is 3. The van der Waals surface area contributed by atoms with Crippen molar-refractivity contribution in [2.24, 2.45) is 5.41 Å². The van der Waals surface area contributed by atoms with Gasteiger partial charge in [-0.25, -0.2) is 0 Å². The number of fused-ring (bicyclic) bond motifs is 2. The third kappa shape index (κ3) is 4.64. The number of carbonyl (C=O) groups is 3. The van der Waals surface area contributed by atoms with Crippen molar-refractivity contribution in [1.29, 1.82) is 0 Å². The number of amides is 3. The topological polar surface area (TPSA) is 99.8 Å². The number of hydrogen-bond acceptors (Lipinski definition) is 5. The van der Waals surface area contributed by atoms with Crippen molar-refractivity contribution in [2.45, 2.75) is 83.3 Å². The van der Waals surface area contributed by atoms with E-state index in [1.165, 1.54) is 5.56 Å². The van der Waals surface area contributed by atoms with Gasteiger partial charge < -0.3 is 25.6 Å². The molecule has 2 aliphatic heterocycles. The van der Waals surface area contributed by atoms with E-state index in [2.05, 4.69) is 28.1 Å². The maximum absolute atomic E-state index is 13.7. The molecular weight excluding hydrogens is 420 g/mol. The Labute approximate surface area is 195 Å². The quantitative estimate of drug-likeness (QED) is 0.626. The molecule has 180 valence electrons. The average molecular weight is 457 g/mol. The van der Waals surface area contributed by atoms with Crippen molar-refractivity contribution in [1.82, 2.24) is 20.9 Å². The molecule has 0 saturated carbocycles. The first-order chi connectivity index (χ1) is 15.7. The highest BCUT2D eigenvalue weighted by Gasteiger charge is 2.55. The zero-order valence-corrected chi connectivity index (χ0v) is 20.0. The molecule has 8 heteroatoms. The summed E-state index contributed by atoms with van der Waals surface area (Å²) in [4.78, 5) is 41.3. The summed E-state index contributed by atoms with van der Waals surface area (Å²) < 4.78 is 6.02. The molecule has 1 aromatic carbocycles. The minimum Gasteiger partial charge on any atom is -0.358 e. The largest absolute Gasteiger partial charge is 0.358 e. The summed E-state index contributed by atoms with van der Waals surface area (Å²) in [6, 6.07) is 6.38. The van der Waals surface area contributed by atoms with Crippen LogP contribution in [0.25, 0.3) is 0 Å². The van der Waals surface area contributed by atoms with Crippen LogP contribution in [0.1, 0.15) is 63.6 Å². The molecule has 3 aliphatic rings. The second-order valence-electron chi connectivity index (χ2n) is 10.2. The molecule has 1 aliphatic carbocycles. The minimum absolute atomic E-state index is 0.0627.